The summed E-state index contributed by atoms with van der Waals surface area (Å²) < 4.78 is 0. The Morgan fingerprint density at radius 3 is 2.86 bits per heavy atom. The number of fused-ring (bicyclic) bond motifs is 1. The second kappa shape index (κ2) is 3.51. The number of hydrogen-bond acceptors (Lipinski definition) is 1. The molecule has 1 aliphatic carbocycles. The van der Waals surface area contributed by atoms with Crippen LogP contribution in [0.3, 0.4) is 0 Å². The van der Waals surface area contributed by atoms with Crippen LogP contribution in [0.2, 0.25) is 0 Å². The van der Waals surface area contributed by atoms with Crippen LogP contribution in [0.15, 0.2) is 29.8 Å². The van der Waals surface area contributed by atoms with Gasteiger partial charge in [0.15, 0.2) is 0 Å². The van der Waals surface area contributed by atoms with Gasteiger partial charge >= 0.3 is 0 Å². The standard InChI is InChI=1S/C13H10O/c1-2-13(14)12-8-7-10-5-3-4-6-11(10)9-12/h1,3-6,9H,7-8H2. The number of ketones is 1. The molecule has 1 aliphatic rings. The molecular formula is C13H10O. The third-order valence-corrected chi connectivity index (χ3v) is 2.47. The summed E-state index contributed by atoms with van der Waals surface area (Å²) in [5, 5.41) is 0. The van der Waals surface area contributed by atoms with Gasteiger partial charge in [-0.25, -0.2) is 0 Å². The van der Waals surface area contributed by atoms with Crippen LogP contribution in [0.25, 0.3) is 6.08 Å². The Labute approximate surface area is 83.5 Å². The van der Waals surface area contributed by atoms with E-state index in [1.165, 1.54) is 5.56 Å². The zero-order valence-electron chi connectivity index (χ0n) is 7.79. The number of carbonyl (C=O) groups is 1. The van der Waals surface area contributed by atoms with Crippen LogP contribution in [-0.4, -0.2) is 5.78 Å². The molecule has 68 valence electrons. The Morgan fingerprint density at radius 2 is 2.07 bits per heavy atom. The fourth-order valence-electron chi connectivity index (χ4n) is 1.70. The molecule has 0 atom stereocenters. The number of hydrogen-bond donors (Lipinski definition) is 0. The minimum absolute atomic E-state index is 0.181. The predicted octanol–water partition coefficient (Wildman–Crippen LogP) is 2.22. The Bertz CT molecular complexity index is 447. The maximum absolute atomic E-state index is 11.3. The van der Waals surface area contributed by atoms with Crippen molar-refractivity contribution in [3.63, 3.8) is 0 Å². The van der Waals surface area contributed by atoms with Crippen molar-refractivity contribution in [2.45, 2.75) is 12.8 Å². The lowest BCUT2D eigenvalue weighted by Gasteiger charge is -2.13. The molecule has 0 bridgehead atoms. The van der Waals surface area contributed by atoms with Gasteiger partial charge < -0.3 is 0 Å². The Hall–Kier alpha value is -1.81. The summed E-state index contributed by atoms with van der Waals surface area (Å²) in [5.74, 6) is 1.98. The monoisotopic (exact) mass is 182 g/mol. The molecule has 0 saturated carbocycles. The minimum atomic E-state index is -0.181. The summed E-state index contributed by atoms with van der Waals surface area (Å²) in [4.78, 5) is 11.3. The van der Waals surface area contributed by atoms with Gasteiger partial charge in [0.05, 0.1) is 0 Å². The number of terminal acetylenes is 1. The second-order valence-corrected chi connectivity index (χ2v) is 3.34. The van der Waals surface area contributed by atoms with Crippen LogP contribution in [0.4, 0.5) is 0 Å². The second-order valence-electron chi connectivity index (χ2n) is 3.34. The van der Waals surface area contributed by atoms with Crippen molar-refractivity contribution in [3.8, 4) is 12.3 Å². The molecule has 1 aromatic rings. The van der Waals surface area contributed by atoms with Crippen molar-refractivity contribution in [3.05, 3.63) is 41.0 Å². The lowest BCUT2D eigenvalue weighted by Crippen LogP contribution is -2.06. The van der Waals surface area contributed by atoms with E-state index in [2.05, 4.69) is 12.0 Å². The molecule has 0 amide bonds. The van der Waals surface area contributed by atoms with E-state index >= 15 is 0 Å². The van der Waals surface area contributed by atoms with Gasteiger partial charge in [-0.3, -0.25) is 4.79 Å². The first-order chi connectivity index (χ1) is 6.81. The average Bonchev–Trinajstić information content (AvgIpc) is 2.27. The van der Waals surface area contributed by atoms with Gasteiger partial charge in [0.1, 0.15) is 0 Å². The molecule has 0 heterocycles. The topological polar surface area (TPSA) is 17.1 Å². The van der Waals surface area contributed by atoms with Crippen LogP contribution >= 0.6 is 0 Å². The van der Waals surface area contributed by atoms with Crippen LogP contribution in [-0.2, 0) is 11.2 Å². The molecule has 0 radical (unpaired) electrons. The quantitative estimate of drug-likeness (QED) is 0.480. The van der Waals surface area contributed by atoms with Crippen molar-refractivity contribution in [1.82, 2.24) is 0 Å². The highest BCUT2D eigenvalue weighted by molar-refractivity contribution is 6.11. The van der Waals surface area contributed by atoms with Gasteiger partial charge in [-0.2, -0.15) is 0 Å². The van der Waals surface area contributed by atoms with Gasteiger partial charge in [-0.1, -0.05) is 24.3 Å². The van der Waals surface area contributed by atoms with Gasteiger partial charge in [-0.05, 0) is 36.0 Å². The molecule has 0 unspecified atom stereocenters. The SMILES string of the molecule is C#CC(=O)C1=Cc2ccccc2CC1. The average molecular weight is 182 g/mol. The van der Waals surface area contributed by atoms with Crippen LogP contribution in [0, 0.1) is 12.3 Å². The molecule has 0 saturated heterocycles. The fourth-order valence-corrected chi connectivity index (χ4v) is 1.70. The zero-order valence-corrected chi connectivity index (χ0v) is 7.79. The summed E-state index contributed by atoms with van der Waals surface area (Å²) in [6, 6.07) is 8.08. The molecule has 2 rings (SSSR count). The Balaban J connectivity index is 2.42. The predicted molar refractivity (Wildman–Crippen MR) is 56.6 cm³/mol. The van der Waals surface area contributed by atoms with Crippen molar-refractivity contribution >= 4 is 11.9 Å². The normalized spacial score (nSPS) is 13.8. The molecule has 14 heavy (non-hydrogen) atoms. The number of Topliss-reactive ketones (excluding diaryl/α,β-unsaturated/α-hetero) is 1. The summed E-state index contributed by atoms with van der Waals surface area (Å²) >= 11 is 0. The Kier molecular flexibility index (Phi) is 2.20. The number of aryl methyl sites for hydroxylation is 1. The van der Waals surface area contributed by atoms with Gasteiger partial charge in [0.25, 0.3) is 0 Å². The maximum atomic E-state index is 11.3. The van der Waals surface area contributed by atoms with Crippen LogP contribution in [0.5, 0.6) is 0 Å². The lowest BCUT2D eigenvalue weighted by molar-refractivity contribution is -0.110. The van der Waals surface area contributed by atoms with E-state index in [4.69, 9.17) is 6.42 Å². The highest BCUT2D eigenvalue weighted by Crippen LogP contribution is 2.23. The van der Waals surface area contributed by atoms with E-state index in [1.807, 2.05) is 24.3 Å². The minimum Gasteiger partial charge on any atom is -0.280 e. The largest absolute Gasteiger partial charge is 0.280 e. The first kappa shape index (κ1) is 8.77. The zero-order chi connectivity index (χ0) is 9.97. The molecule has 1 nitrogen and oxygen atoms in total. The summed E-state index contributed by atoms with van der Waals surface area (Å²) in [6.07, 6.45) is 8.66. The number of carbonyl (C=O) groups excluding carboxylic acids is 1. The van der Waals surface area contributed by atoms with Gasteiger partial charge in [0, 0.05) is 5.57 Å². The summed E-state index contributed by atoms with van der Waals surface area (Å²) in [7, 11) is 0. The van der Waals surface area contributed by atoms with Crippen LogP contribution < -0.4 is 0 Å². The van der Waals surface area contributed by atoms with Gasteiger partial charge in [0.2, 0.25) is 5.78 Å². The highest BCUT2D eigenvalue weighted by atomic mass is 16.1. The molecule has 1 aromatic carbocycles. The summed E-state index contributed by atoms with van der Waals surface area (Å²) in [6.45, 7) is 0. The lowest BCUT2D eigenvalue weighted by atomic mass is 9.90. The first-order valence-corrected chi connectivity index (χ1v) is 4.60. The van der Waals surface area contributed by atoms with E-state index in [9.17, 15) is 4.79 Å². The van der Waals surface area contributed by atoms with E-state index in [-0.39, 0.29) is 5.78 Å². The van der Waals surface area contributed by atoms with Crippen LogP contribution in [0.1, 0.15) is 17.5 Å². The summed E-state index contributed by atoms with van der Waals surface area (Å²) in [5.41, 5.74) is 3.17. The van der Waals surface area contributed by atoms with Crippen molar-refractivity contribution in [2.75, 3.05) is 0 Å². The van der Waals surface area contributed by atoms with E-state index in [0.717, 1.165) is 24.0 Å². The highest BCUT2D eigenvalue weighted by Gasteiger charge is 2.13. The molecule has 1 heteroatoms. The molecule has 0 spiro atoms. The molecule has 0 fully saturated rings. The molecule has 0 N–H and O–H groups in total. The van der Waals surface area contributed by atoms with Crippen molar-refractivity contribution in [2.24, 2.45) is 0 Å². The number of rotatable bonds is 1. The maximum Gasteiger partial charge on any atom is 0.231 e. The smallest absolute Gasteiger partial charge is 0.231 e. The third kappa shape index (κ3) is 1.47. The number of benzene rings is 1. The Morgan fingerprint density at radius 1 is 1.29 bits per heavy atom. The van der Waals surface area contributed by atoms with Crippen molar-refractivity contribution in [1.29, 1.82) is 0 Å². The fraction of sp³-hybridized carbons (Fsp3) is 0.154. The molecule has 0 aromatic heterocycles. The van der Waals surface area contributed by atoms with Crippen molar-refractivity contribution < 1.29 is 4.79 Å². The first-order valence-electron chi connectivity index (χ1n) is 4.60. The van der Waals surface area contributed by atoms with E-state index in [0.29, 0.717) is 0 Å². The van der Waals surface area contributed by atoms with E-state index in [1.54, 1.807) is 0 Å². The third-order valence-electron chi connectivity index (χ3n) is 2.47. The van der Waals surface area contributed by atoms with Gasteiger partial charge in [-0.15, -0.1) is 6.42 Å². The molecular weight excluding hydrogens is 172 g/mol. The number of allylic oxidation sites excluding steroid dienone is 1. The molecule has 0 aliphatic heterocycles. The van der Waals surface area contributed by atoms with E-state index < -0.39 is 0 Å².